The number of halogens is 2. The van der Waals surface area contributed by atoms with Gasteiger partial charge < -0.3 is 16.0 Å². The van der Waals surface area contributed by atoms with E-state index in [1.54, 1.807) is 50.5 Å². The van der Waals surface area contributed by atoms with Crippen LogP contribution in [0.1, 0.15) is 10.4 Å². The third-order valence-corrected chi connectivity index (χ3v) is 3.47. The summed E-state index contributed by atoms with van der Waals surface area (Å²) in [4.78, 5) is 13.4. The molecule has 0 bridgehead atoms. The summed E-state index contributed by atoms with van der Waals surface area (Å²) in [6.45, 7) is 0. The van der Waals surface area contributed by atoms with Gasteiger partial charge in [0.25, 0.3) is 5.91 Å². The molecule has 2 aromatic carbocycles. The molecule has 0 aliphatic heterocycles. The second-order valence-electron chi connectivity index (χ2n) is 4.75. The zero-order chi connectivity index (χ0) is 15.6. The van der Waals surface area contributed by atoms with Crippen molar-refractivity contribution in [1.29, 1.82) is 0 Å². The van der Waals surface area contributed by atoms with Crippen LogP contribution in [0.3, 0.4) is 0 Å². The zero-order valence-electron chi connectivity index (χ0n) is 11.7. The average Bonchev–Trinajstić information content (AvgIpc) is 2.44. The molecule has 0 saturated carbocycles. The number of amides is 1. The van der Waals surface area contributed by atoms with Gasteiger partial charge in [-0.3, -0.25) is 4.79 Å². The van der Waals surface area contributed by atoms with Crippen molar-refractivity contribution in [3.05, 3.63) is 52.0 Å². The normalized spacial score (nSPS) is 10.3. The summed E-state index contributed by atoms with van der Waals surface area (Å²) in [7, 11) is 3.38. The van der Waals surface area contributed by atoms with Crippen molar-refractivity contribution in [1.82, 2.24) is 4.90 Å². The highest BCUT2D eigenvalue weighted by Gasteiger charge is 2.11. The second kappa shape index (κ2) is 6.24. The van der Waals surface area contributed by atoms with Crippen LogP contribution in [0.5, 0.6) is 0 Å². The van der Waals surface area contributed by atoms with E-state index < -0.39 is 0 Å². The van der Waals surface area contributed by atoms with Crippen LogP contribution in [0.25, 0.3) is 0 Å². The van der Waals surface area contributed by atoms with E-state index in [2.05, 4.69) is 5.32 Å². The number of carbonyl (C=O) groups excluding carboxylic acids is 1. The summed E-state index contributed by atoms with van der Waals surface area (Å²) in [6, 6.07) is 10.2. The van der Waals surface area contributed by atoms with Crippen molar-refractivity contribution >= 4 is 46.2 Å². The van der Waals surface area contributed by atoms with E-state index >= 15 is 0 Å². The maximum absolute atomic E-state index is 11.9. The van der Waals surface area contributed by atoms with Crippen molar-refractivity contribution < 1.29 is 4.79 Å². The van der Waals surface area contributed by atoms with Gasteiger partial charge in [-0.25, -0.2) is 0 Å². The number of carbonyl (C=O) groups is 1. The number of hydrogen-bond acceptors (Lipinski definition) is 3. The summed E-state index contributed by atoms with van der Waals surface area (Å²) in [5.41, 5.74) is 8.29. The van der Waals surface area contributed by atoms with Gasteiger partial charge in [-0.1, -0.05) is 23.2 Å². The van der Waals surface area contributed by atoms with Crippen molar-refractivity contribution in [2.24, 2.45) is 0 Å². The number of hydrogen-bond donors (Lipinski definition) is 2. The van der Waals surface area contributed by atoms with Gasteiger partial charge in [0.15, 0.2) is 0 Å². The molecule has 2 rings (SSSR count). The number of rotatable bonds is 3. The van der Waals surface area contributed by atoms with Gasteiger partial charge in [-0.2, -0.15) is 0 Å². The number of benzene rings is 2. The Labute approximate surface area is 133 Å². The fourth-order valence-corrected chi connectivity index (χ4v) is 2.14. The number of nitrogens with two attached hydrogens (primary N) is 1. The molecular weight excluding hydrogens is 309 g/mol. The first-order valence-corrected chi connectivity index (χ1v) is 6.97. The molecule has 0 atom stereocenters. The summed E-state index contributed by atoms with van der Waals surface area (Å²) >= 11 is 12.0. The number of nitrogens with one attached hydrogen (secondary N) is 1. The van der Waals surface area contributed by atoms with E-state index in [0.717, 1.165) is 0 Å². The topological polar surface area (TPSA) is 58.4 Å². The van der Waals surface area contributed by atoms with Crippen LogP contribution in [-0.4, -0.2) is 24.9 Å². The fourth-order valence-electron chi connectivity index (χ4n) is 1.81. The van der Waals surface area contributed by atoms with Crippen molar-refractivity contribution in [3.8, 4) is 0 Å². The van der Waals surface area contributed by atoms with Crippen LogP contribution in [-0.2, 0) is 0 Å². The van der Waals surface area contributed by atoms with Crippen molar-refractivity contribution in [2.75, 3.05) is 25.1 Å². The lowest BCUT2D eigenvalue weighted by Crippen LogP contribution is -2.21. The molecule has 110 valence electrons. The first kappa shape index (κ1) is 15.5. The predicted octanol–water partition coefficient (Wildman–Crippen LogP) is 4.02. The lowest BCUT2D eigenvalue weighted by molar-refractivity contribution is 0.0827. The largest absolute Gasteiger partial charge is 0.397 e. The molecule has 0 unspecified atom stereocenters. The third kappa shape index (κ3) is 3.60. The van der Waals surface area contributed by atoms with E-state index in [1.807, 2.05) is 0 Å². The Morgan fingerprint density at radius 2 is 1.81 bits per heavy atom. The minimum atomic E-state index is -0.103. The zero-order valence-corrected chi connectivity index (χ0v) is 13.2. The first-order chi connectivity index (χ1) is 9.88. The monoisotopic (exact) mass is 323 g/mol. The lowest BCUT2D eigenvalue weighted by atomic mass is 10.1. The van der Waals surface area contributed by atoms with E-state index in [0.29, 0.717) is 32.7 Å². The molecule has 0 heterocycles. The van der Waals surface area contributed by atoms with E-state index in [9.17, 15) is 4.79 Å². The summed E-state index contributed by atoms with van der Waals surface area (Å²) in [5.74, 6) is -0.103. The third-order valence-electron chi connectivity index (χ3n) is 2.90. The van der Waals surface area contributed by atoms with E-state index in [4.69, 9.17) is 28.9 Å². The molecule has 3 N–H and O–H groups in total. The molecule has 6 heteroatoms. The minimum Gasteiger partial charge on any atom is -0.397 e. The predicted molar refractivity (Wildman–Crippen MR) is 88.6 cm³/mol. The Morgan fingerprint density at radius 1 is 1.10 bits per heavy atom. The van der Waals surface area contributed by atoms with Crippen molar-refractivity contribution in [3.63, 3.8) is 0 Å². The van der Waals surface area contributed by atoms with Crippen LogP contribution < -0.4 is 11.1 Å². The Bertz CT molecular complexity index is 687. The van der Waals surface area contributed by atoms with Crippen LogP contribution in [0.2, 0.25) is 10.0 Å². The Kier molecular flexibility index (Phi) is 4.60. The highest BCUT2D eigenvalue weighted by Crippen LogP contribution is 2.31. The molecule has 0 radical (unpaired) electrons. The maximum atomic E-state index is 11.9. The molecule has 2 aromatic rings. The Balaban J connectivity index is 2.30. The minimum absolute atomic E-state index is 0.103. The van der Waals surface area contributed by atoms with Gasteiger partial charge >= 0.3 is 0 Å². The van der Waals surface area contributed by atoms with Gasteiger partial charge in [-0.05, 0) is 36.4 Å². The number of nitrogens with zero attached hydrogens (tertiary/aromatic N) is 1. The molecule has 1 amide bonds. The Morgan fingerprint density at radius 3 is 2.43 bits per heavy atom. The van der Waals surface area contributed by atoms with E-state index in [1.165, 1.54) is 4.90 Å². The Hall–Kier alpha value is -1.91. The quantitative estimate of drug-likeness (QED) is 0.838. The highest BCUT2D eigenvalue weighted by molar-refractivity contribution is 6.35. The molecule has 4 nitrogen and oxygen atoms in total. The average molecular weight is 324 g/mol. The molecule has 0 spiro atoms. The number of nitrogen functional groups attached to an aromatic ring is 1. The molecule has 0 saturated heterocycles. The molecule has 21 heavy (non-hydrogen) atoms. The van der Waals surface area contributed by atoms with Gasteiger partial charge in [0.05, 0.1) is 22.1 Å². The van der Waals surface area contributed by atoms with Gasteiger partial charge in [0.2, 0.25) is 0 Å². The van der Waals surface area contributed by atoms with Crippen molar-refractivity contribution in [2.45, 2.75) is 0 Å². The summed E-state index contributed by atoms with van der Waals surface area (Å²) < 4.78 is 0. The molecule has 0 aromatic heterocycles. The van der Waals surface area contributed by atoms with Gasteiger partial charge in [0, 0.05) is 24.7 Å². The second-order valence-corrected chi connectivity index (χ2v) is 5.59. The highest BCUT2D eigenvalue weighted by atomic mass is 35.5. The number of anilines is 3. The van der Waals surface area contributed by atoms with Crippen LogP contribution in [0.15, 0.2) is 36.4 Å². The van der Waals surface area contributed by atoms with Crippen LogP contribution >= 0.6 is 23.2 Å². The van der Waals surface area contributed by atoms with Crippen LogP contribution in [0, 0.1) is 0 Å². The smallest absolute Gasteiger partial charge is 0.253 e. The van der Waals surface area contributed by atoms with E-state index in [-0.39, 0.29) is 5.91 Å². The molecule has 0 fully saturated rings. The summed E-state index contributed by atoms with van der Waals surface area (Å²) in [5, 5.41) is 4.21. The first-order valence-electron chi connectivity index (χ1n) is 6.21. The molecular formula is C15H15Cl2N3O. The van der Waals surface area contributed by atoms with Gasteiger partial charge in [-0.15, -0.1) is 0 Å². The maximum Gasteiger partial charge on any atom is 0.253 e. The fraction of sp³-hybridized carbons (Fsp3) is 0.133. The lowest BCUT2D eigenvalue weighted by Gasteiger charge is -2.14. The molecule has 0 aliphatic rings. The van der Waals surface area contributed by atoms with Gasteiger partial charge in [0.1, 0.15) is 0 Å². The van der Waals surface area contributed by atoms with Crippen LogP contribution in [0.4, 0.5) is 17.1 Å². The standard InChI is InChI=1S/C15H15Cl2N3O/c1-20(2)15(21)9-3-6-13(12(18)7-9)19-14-8-10(16)4-5-11(14)17/h3-8,19H,18H2,1-2H3. The molecule has 0 aliphatic carbocycles. The summed E-state index contributed by atoms with van der Waals surface area (Å²) in [6.07, 6.45) is 0. The SMILES string of the molecule is CN(C)C(=O)c1ccc(Nc2cc(Cl)ccc2Cl)c(N)c1.